The SMILES string of the molecule is N#CCn1nnnc1-c1cccnc1. The molecule has 0 radical (unpaired) electrons. The zero-order valence-corrected chi connectivity index (χ0v) is 7.20. The first-order valence-electron chi connectivity index (χ1n) is 3.95. The second kappa shape index (κ2) is 3.62. The second-order valence-electron chi connectivity index (χ2n) is 2.56. The molecule has 0 saturated carbocycles. The van der Waals surface area contributed by atoms with E-state index in [4.69, 9.17) is 5.26 Å². The predicted molar refractivity (Wildman–Crippen MR) is 46.7 cm³/mol. The molecular formula is C8H6N6. The zero-order chi connectivity index (χ0) is 9.80. The number of hydrogen-bond donors (Lipinski definition) is 0. The molecule has 0 bridgehead atoms. The molecule has 0 aliphatic heterocycles. The van der Waals surface area contributed by atoms with Crippen LogP contribution in [-0.2, 0) is 6.54 Å². The van der Waals surface area contributed by atoms with Gasteiger partial charge in [0, 0.05) is 18.0 Å². The summed E-state index contributed by atoms with van der Waals surface area (Å²) >= 11 is 0. The Bertz CT molecular complexity index is 454. The molecule has 0 unspecified atom stereocenters. The standard InChI is InChI=1S/C8H6N6/c9-3-5-14-8(11-12-13-14)7-2-1-4-10-6-7/h1-2,4,6H,5H2. The molecule has 0 saturated heterocycles. The van der Waals surface area contributed by atoms with Crippen molar-refractivity contribution >= 4 is 0 Å². The lowest BCUT2D eigenvalue weighted by Gasteiger charge is -1.97. The number of nitrogens with zero attached hydrogens (tertiary/aromatic N) is 6. The lowest BCUT2D eigenvalue weighted by molar-refractivity contribution is 0.671. The third-order valence-electron chi connectivity index (χ3n) is 1.67. The Labute approximate surface area is 79.8 Å². The fraction of sp³-hybridized carbons (Fsp3) is 0.125. The first-order valence-corrected chi connectivity index (χ1v) is 3.95. The molecule has 0 amide bonds. The topological polar surface area (TPSA) is 80.3 Å². The monoisotopic (exact) mass is 186 g/mol. The fourth-order valence-corrected chi connectivity index (χ4v) is 1.08. The van der Waals surface area contributed by atoms with Crippen molar-refractivity contribution in [3.8, 4) is 17.5 Å². The largest absolute Gasteiger partial charge is 0.264 e. The van der Waals surface area contributed by atoms with Crippen LogP contribution in [0.3, 0.4) is 0 Å². The van der Waals surface area contributed by atoms with Gasteiger partial charge in [0.1, 0.15) is 6.54 Å². The van der Waals surface area contributed by atoms with Gasteiger partial charge in [0.05, 0.1) is 6.07 Å². The molecule has 14 heavy (non-hydrogen) atoms. The van der Waals surface area contributed by atoms with Crippen LogP contribution < -0.4 is 0 Å². The Morgan fingerprint density at radius 1 is 1.50 bits per heavy atom. The first-order chi connectivity index (χ1) is 6.92. The second-order valence-corrected chi connectivity index (χ2v) is 2.56. The number of rotatable bonds is 2. The van der Waals surface area contributed by atoms with Crippen molar-refractivity contribution < 1.29 is 0 Å². The highest BCUT2D eigenvalue weighted by Crippen LogP contribution is 2.12. The summed E-state index contributed by atoms with van der Waals surface area (Å²) in [6.45, 7) is 0.136. The Kier molecular flexibility index (Phi) is 2.15. The summed E-state index contributed by atoms with van der Waals surface area (Å²) in [7, 11) is 0. The normalized spacial score (nSPS) is 9.64. The molecule has 2 heterocycles. The van der Waals surface area contributed by atoms with Gasteiger partial charge in [-0.25, -0.2) is 4.68 Å². The summed E-state index contributed by atoms with van der Waals surface area (Å²) in [5, 5.41) is 19.5. The minimum Gasteiger partial charge on any atom is -0.264 e. The van der Waals surface area contributed by atoms with Gasteiger partial charge < -0.3 is 0 Å². The van der Waals surface area contributed by atoms with Gasteiger partial charge in [-0.1, -0.05) is 0 Å². The third-order valence-corrected chi connectivity index (χ3v) is 1.67. The molecule has 2 rings (SSSR count). The minimum atomic E-state index is 0.136. The summed E-state index contributed by atoms with van der Waals surface area (Å²) < 4.78 is 1.43. The van der Waals surface area contributed by atoms with Crippen LogP contribution in [0, 0.1) is 11.3 Å². The highest BCUT2D eigenvalue weighted by atomic mass is 15.5. The van der Waals surface area contributed by atoms with E-state index in [0.29, 0.717) is 5.82 Å². The number of aromatic nitrogens is 5. The maximum atomic E-state index is 8.53. The minimum absolute atomic E-state index is 0.136. The van der Waals surface area contributed by atoms with E-state index < -0.39 is 0 Å². The van der Waals surface area contributed by atoms with Crippen molar-refractivity contribution in [2.24, 2.45) is 0 Å². The molecule has 0 N–H and O–H groups in total. The average molecular weight is 186 g/mol. The first kappa shape index (κ1) is 8.31. The van der Waals surface area contributed by atoms with Crippen LogP contribution in [-0.4, -0.2) is 25.2 Å². The lowest BCUT2D eigenvalue weighted by atomic mass is 10.3. The van der Waals surface area contributed by atoms with Crippen LogP contribution in [0.2, 0.25) is 0 Å². The van der Waals surface area contributed by atoms with E-state index in [1.807, 2.05) is 12.1 Å². The van der Waals surface area contributed by atoms with Crippen LogP contribution in [0.5, 0.6) is 0 Å². The quantitative estimate of drug-likeness (QED) is 0.671. The van der Waals surface area contributed by atoms with Gasteiger partial charge in [-0.2, -0.15) is 5.26 Å². The van der Waals surface area contributed by atoms with E-state index in [-0.39, 0.29) is 6.54 Å². The lowest BCUT2D eigenvalue weighted by Crippen LogP contribution is -2.00. The molecule has 0 fully saturated rings. The van der Waals surface area contributed by atoms with Crippen LogP contribution in [0.25, 0.3) is 11.4 Å². The summed E-state index contributed by atoms with van der Waals surface area (Å²) in [5.41, 5.74) is 0.799. The highest BCUT2D eigenvalue weighted by molar-refractivity contribution is 5.52. The Hall–Kier alpha value is -2.29. The van der Waals surface area contributed by atoms with E-state index in [1.54, 1.807) is 18.5 Å². The van der Waals surface area contributed by atoms with E-state index in [9.17, 15) is 0 Å². The van der Waals surface area contributed by atoms with Crippen molar-refractivity contribution in [2.45, 2.75) is 6.54 Å². The molecule has 0 aliphatic carbocycles. The molecule has 0 aliphatic rings. The molecule has 0 spiro atoms. The fourth-order valence-electron chi connectivity index (χ4n) is 1.08. The molecule has 2 aromatic rings. The molecule has 2 aromatic heterocycles. The number of hydrogen-bond acceptors (Lipinski definition) is 5. The van der Waals surface area contributed by atoms with Crippen molar-refractivity contribution in [3.05, 3.63) is 24.5 Å². The summed E-state index contributed by atoms with van der Waals surface area (Å²) in [5.74, 6) is 0.555. The third kappa shape index (κ3) is 1.43. The number of tetrazole rings is 1. The van der Waals surface area contributed by atoms with Crippen molar-refractivity contribution in [2.75, 3.05) is 0 Å². The molecule has 68 valence electrons. The Balaban J connectivity index is 2.43. The highest BCUT2D eigenvalue weighted by Gasteiger charge is 2.07. The average Bonchev–Trinajstić information content (AvgIpc) is 2.68. The summed E-state index contributed by atoms with van der Waals surface area (Å²) in [6, 6.07) is 5.61. The Morgan fingerprint density at radius 2 is 2.43 bits per heavy atom. The van der Waals surface area contributed by atoms with Gasteiger partial charge in [0.2, 0.25) is 0 Å². The maximum absolute atomic E-state index is 8.53. The maximum Gasteiger partial charge on any atom is 0.184 e. The number of pyridine rings is 1. The predicted octanol–water partition coefficient (Wildman–Crippen LogP) is 0.259. The van der Waals surface area contributed by atoms with E-state index >= 15 is 0 Å². The van der Waals surface area contributed by atoms with E-state index in [1.165, 1.54) is 4.68 Å². The van der Waals surface area contributed by atoms with E-state index in [0.717, 1.165) is 5.56 Å². The molecule has 0 atom stereocenters. The van der Waals surface area contributed by atoms with Crippen molar-refractivity contribution in [1.82, 2.24) is 25.2 Å². The van der Waals surface area contributed by atoms with Crippen LogP contribution >= 0.6 is 0 Å². The van der Waals surface area contributed by atoms with E-state index in [2.05, 4.69) is 20.5 Å². The van der Waals surface area contributed by atoms with Gasteiger partial charge in [-0.05, 0) is 22.6 Å². The summed E-state index contributed by atoms with van der Waals surface area (Å²) in [4.78, 5) is 3.95. The molecular weight excluding hydrogens is 180 g/mol. The summed E-state index contributed by atoms with van der Waals surface area (Å²) in [6.07, 6.45) is 3.32. The van der Waals surface area contributed by atoms with Gasteiger partial charge >= 0.3 is 0 Å². The van der Waals surface area contributed by atoms with Crippen LogP contribution in [0.4, 0.5) is 0 Å². The molecule has 6 heteroatoms. The molecule has 6 nitrogen and oxygen atoms in total. The van der Waals surface area contributed by atoms with Crippen molar-refractivity contribution in [1.29, 1.82) is 5.26 Å². The molecule has 0 aromatic carbocycles. The van der Waals surface area contributed by atoms with Gasteiger partial charge in [0.25, 0.3) is 0 Å². The van der Waals surface area contributed by atoms with Gasteiger partial charge in [-0.3, -0.25) is 4.98 Å². The Morgan fingerprint density at radius 3 is 3.14 bits per heavy atom. The number of nitriles is 1. The zero-order valence-electron chi connectivity index (χ0n) is 7.20. The van der Waals surface area contributed by atoms with Crippen LogP contribution in [0.1, 0.15) is 0 Å². The van der Waals surface area contributed by atoms with Crippen molar-refractivity contribution in [3.63, 3.8) is 0 Å². The van der Waals surface area contributed by atoms with Gasteiger partial charge in [0.15, 0.2) is 5.82 Å². The van der Waals surface area contributed by atoms with Crippen LogP contribution in [0.15, 0.2) is 24.5 Å². The smallest absolute Gasteiger partial charge is 0.184 e. The van der Waals surface area contributed by atoms with Gasteiger partial charge in [-0.15, -0.1) is 5.10 Å².